The van der Waals surface area contributed by atoms with E-state index in [2.05, 4.69) is 9.91 Å². The Kier molecular flexibility index (Phi) is 8.13. The summed E-state index contributed by atoms with van der Waals surface area (Å²) in [5, 5.41) is 20.0. The van der Waals surface area contributed by atoms with Crippen molar-refractivity contribution in [1.29, 1.82) is 0 Å². The SMILES string of the molecule is COC(=O)CCc1cc(C(=O)c2c(Cl)c(Cl)c(Cl)c(Cl)c2C(=O)O)c(N=O)c(Cl)c1O. The molecular formula is C18H10Cl5NO7. The minimum absolute atomic E-state index is 0.00898. The van der Waals surface area contributed by atoms with Gasteiger partial charge in [-0.2, -0.15) is 0 Å². The Balaban J connectivity index is 2.81. The molecule has 0 fully saturated rings. The summed E-state index contributed by atoms with van der Waals surface area (Å²) in [5.74, 6) is -3.98. The third-order valence-electron chi connectivity index (χ3n) is 4.16. The number of halogens is 5. The van der Waals surface area contributed by atoms with E-state index in [9.17, 15) is 29.5 Å². The number of aryl methyl sites for hydroxylation is 1. The molecule has 0 saturated heterocycles. The van der Waals surface area contributed by atoms with E-state index in [0.717, 1.165) is 13.2 Å². The van der Waals surface area contributed by atoms with E-state index in [4.69, 9.17) is 58.0 Å². The number of carbonyl (C=O) groups excluding carboxylic acids is 2. The van der Waals surface area contributed by atoms with E-state index >= 15 is 0 Å². The number of phenols is 1. The van der Waals surface area contributed by atoms with E-state index in [1.807, 2.05) is 0 Å². The molecule has 0 saturated carbocycles. The first-order valence-corrected chi connectivity index (χ1v) is 9.95. The fraction of sp³-hybridized carbons (Fsp3) is 0.167. The molecule has 2 rings (SSSR count). The lowest BCUT2D eigenvalue weighted by Crippen LogP contribution is -2.13. The number of carbonyl (C=O) groups is 3. The number of nitrogens with zero attached hydrogens (tertiary/aromatic N) is 1. The largest absolute Gasteiger partial charge is 0.506 e. The Hall–Kier alpha value is -2.10. The summed E-state index contributed by atoms with van der Waals surface area (Å²) >= 11 is 29.9. The number of nitroso groups, excluding NO2 is 1. The first kappa shape index (κ1) is 25.2. The molecule has 8 nitrogen and oxygen atoms in total. The molecule has 0 aliphatic rings. The van der Waals surface area contributed by atoms with Crippen molar-refractivity contribution in [3.05, 3.63) is 58.3 Å². The summed E-state index contributed by atoms with van der Waals surface area (Å²) in [6, 6.07) is 1.03. The fourth-order valence-corrected chi connectivity index (χ4v) is 3.93. The van der Waals surface area contributed by atoms with Gasteiger partial charge in [-0.1, -0.05) is 58.0 Å². The average Bonchev–Trinajstić information content (AvgIpc) is 2.74. The number of benzene rings is 2. The average molecular weight is 530 g/mol. The number of carboxylic acids is 1. The molecule has 31 heavy (non-hydrogen) atoms. The Morgan fingerprint density at radius 2 is 1.52 bits per heavy atom. The van der Waals surface area contributed by atoms with Crippen LogP contribution in [-0.4, -0.2) is 35.0 Å². The van der Waals surface area contributed by atoms with Crippen LogP contribution in [0.25, 0.3) is 0 Å². The fourth-order valence-electron chi connectivity index (χ4n) is 2.65. The van der Waals surface area contributed by atoms with Crippen LogP contribution in [0.4, 0.5) is 5.69 Å². The molecule has 164 valence electrons. The monoisotopic (exact) mass is 527 g/mol. The molecule has 0 bridgehead atoms. The van der Waals surface area contributed by atoms with Gasteiger partial charge in [0, 0.05) is 6.42 Å². The maximum absolute atomic E-state index is 13.3. The molecule has 2 aromatic rings. The summed E-state index contributed by atoms with van der Waals surface area (Å²) in [4.78, 5) is 47.8. The van der Waals surface area contributed by atoms with Crippen LogP contribution in [0.3, 0.4) is 0 Å². The number of rotatable bonds is 7. The minimum Gasteiger partial charge on any atom is -0.506 e. The van der Waals surface area contributed by atoms with Gasteiger partial charge in [-0.15, -0.1) is 4.91 Å². The van der Waals surface area contributed by atoms with Gasteiger partial charge in [0.05, 0.1) is 43.9 Å². The number of carboxylic acid groups (broad SMARTS) is 1. The number of ether oxygens (including phenoxy) is 1. The highest BCUT2D eigenvalue weighted by Gasteiger charge is 2.32. The summed E-state index contributed by atoms with van der Waals surface area (Å²) in [7, 11) is 1.16. The predicted molar refractivity (Wildman–Crippen MR) is 116 cm³/mol. The smallest absolute Gasteiger partial charge is 0.338 e. The molecule has 13 heteroatoms. The van der Waals surface area contributed by atoms with Gasteiger partial charge in [0.2, 0.25) is 0 Å². The van der Waals surface area contributed by atoms with Gasteiger partial charge >= 0.3 is 11.9 Å². The van der Waals surface area contributed by atoms with E-state index in [0.29, 0.717) is 0 Å². The second-order valence-electron chi connectivity index (χ2n) is 5.90. The van der Waals surface area contributed by atoms with Gasteiger partial charge in [0.25, 0.3) is 0 Å². The summed E-state index contributed by atoms with van der Waals surface area (Å²) in [6.45, 7) is 0. The van der Waals surface area contributed by atoms with Crippen molar-refractivity contribution < 1.29 is 29.3 Å². The van der Waals surface area contributed by atoms with Gasteiger partial charge in [0.15, 0.2) is 5.78 Å². The van der Waals surface area contributed by atoms with Crippen LogP contribution < -0.4 is 0 Å². The topological polar surface area (TPSA) is 130 Å². The van der Waals surface area contributed by atoms with E-state index in [1.54, 1.807) is 0 Å². The number of phenolic OH excluding ortho intramolecular Hbond substituents is 1. The standard InChI is InChI=1S/C18H10Cl5NO7/c1-31-7(25)3-2-5-4-6(15(24-30)14(23)16(5)26)17(27)8-9(18(28)29)11(20)13(22)12(21)10(8)19/h4,26H,2-3H2,1H3,(H,28,29). The number of esters is 1. The van der Waals surface area contributed by atoms with Gasteiger partial charge < -0.3 is 14.9 Å². The van der Waals surface area contributed by atoms with Crippen molar-refractivity contribution in [2.75, 3.05) is 7.11 Å². The van der Waals surface area contributed by atoms with Gasteiger partial charge in [-0.25, -0.2) is 4.79 Å². The normalized spacial score (nSPS) is 10.6. The van der Waals surface area contributed by atoms with Crippen LogP contribution in [0.2, 0.25) is 25.1 Å². The molecule has 0 aliphatic heterocycles. The lowest BCUT2D eigenvalue weighted by atomic mass is 9.94. The van der Waals surface area contributed by atoms with E-state index in [1.165, 1.54) is 0 Å². The van der Waals surface area contributed by atoms with Crippen LogP contribution in [0.1, 0.15) is 38.3 Å². The van der Waals surface area contributed by atoms with Crippen LogP contribution in [-0.2, 0) is 16.0 Å². The van der Waals surface area contributed by atoms with Crippen molar-refractivity contribution >= 4 is 81.4 Å². The number of hydrogen-bond donors (Lipinski definition) is 2. The molecule has 0 aromatic heterocycles. The summed E-state index contributed by atoms with van der Waals surface area (Å²) in [6.07, 6.45) is -0.319. The Morgan fingerprint density at radius 3 is 2.00 bits per heavy atom. The number of ketones is 1. The van der Waals surface area contributed by atoms with Gasteiger partial charge in [0.1, 0.15) is 16.5 Å². The molecule has 0 heterocycles. The van der Waals surface area contributed by atoms with E-state index < -0.39 is 71.0 Å². The molecule has 0 amide bonds. The van der Waals surface area contributed by atoms with Crippen LogP contribution in [0.15, 0.2) is 11.2 Å². The highest BCUT2D eigenvalue weighted by atomic mass is 35.5. The van der Waals surface area contributed by atoms with Crippen molar-refractivity contribution in [3.8, 4) is 5.75 Å². The van der Waals surface area contributed by atoms with E-state index in [-0.39, 0.29) is 18.4 Å². The zero-order chi connectivity index (χ0) is 23.6. The van der Waals surface area contributed by atoms with Crippen LogP contribution in [0, 0.1) is 4.91 Å². The predicted octanol–water partition coefficient (Wildman–Crippen LogP) is 6.09. The Bertz CT molecular complexity index is 1130. The molecule has 2 aromatic carbocycles. The molecule has 0 atom stereocenters. The Morgan fingerprint density at radius 1 is 0.968 bits per heavy atom. The Labute approximate surface area is 199 Å². The van der Waals surface area contributed by atoms with Crippen LogP contribution >= 0.6 is 58.0 Å². The lowest BCUT2D eigenvalue weighted by Gasteiger charge is -2.15. The third kappa shape index (κ3) is 4.73. The van der Waals surface area contributed by atoms with Crippen molar-refractivity contribution in [2.24, 2.45) is 5.18 Å². The zero-order valence-corrected chi connectivity index (χ0v) is 19.0. The quantitative estimate of drug-likeness (QED) is 0.146. The first-order valence-electron chi connectivity index (χ1n) is 8.06. The number of hydrogen-bond acceptors (Lipinski definition) is 7. The number of aromatic hydroxyl groups is 1. The highest BCUT2D eigenvalue weighted by Crippen LogP contribution is 2.45. The third-order valence-corrected chi connectivity index (χ3v) is 6.32. The van der Waals surface area contributed by atoms with Gasteiger partial charge in [-0.05, 0) is 23.2 Å². The molecule has 0 unspecified atom stereocenters. The lowest BCUT2D eigenvalue weighted by molar-refractivity contribution is -0.140. The van der Waals surface area contributed by atoms with Crippen molar-refractivity contribution in [3.63, 3.8) is 0 Å². The zero-order valence-electron chi connectivity index (χ0n) is 15.3. The second-order valence-corrected chi connectivity index (χ2v) is 7.79. The van der Waals surface area contributed by atoms with Crippen LogP contribution in [0.5, 0.6) is 5.75 Å². The summed E-state index contributed by atoms with van der Waals surface area (Å²) in [5.41, 5.74) is -2.62. The molecule has 0 radical (unpaired) electrons. The van der Waals surface area contributed by atoms with Crippen molar-refractivity contribution in [2.45, 2.75) is 12.8 Å². The maximum atomic E-state index is 13.3. The van der Waals surface area contributed by atoms with Crippen molar-refractivity contribution in [1.82, 2.24) is 0 Å². The maximum Gasteiger partial charge on any atom is 0.338 e. The first-order chi connectivity index (χ1) is 14.5. The van der Waals surface area contributed by atoms with Gasteiger partial charge in [-0.3, -0.25) is 9.59 Å². The molecule has 0 spiro atoms. The highest BCUT2D eigenvalue weighted by molar-refractivity contribution is 6.54. The number of methoxy groups -OCH3 is 1. The number of aromatic carboxylic acids is 1. The molecule has 2 N–H and O–H groups in total. The minimum atomic E-state index is -1.65. The second kappa shape index (κ2) is 10.0. The molecule has 0 aliphatic carbocycles. The molecular weight excluding hydrogens is 519 g/mol. The summed E-state index contributed by atoms with van der Waals surface area (Å²) < 4.78 is 4.52.